The maximum Gasteiger partial charge on any atom is 0.253 e. The van der Waals surface area contributed by atoms with E-state index >= 15 is 0 Å². The number of benzene rings is 1. The van der Waals surface area contributed by atoms with Crippen molar-refractivity contribution < 1.29 is 19.7 Å². The molecule has 2 rings (SSSR count). The van der Waals surface area contributed by atoms with E-state index in [1.165, 1.54) is 4.90 Å². The van der Waals surface area contributed by atoms with Gasteiger partial charge < -0.3 is 19.8 Å². The lowest BCUT2D eigenvalue weighted by atomic mass is 10.0. The Balaban J connectivity index is 2.08. The fourth-order valence-corrected chi connectivity index (χ4v) is 2.04. The van der Waals surface area contributed by atoms with Gasteiger partial charge in [-0.1, -0.05) is 12.1 Å². The zero-order valence-electron chi connectivity index (χ0n) is 10.2. The van der Waals surface area contributed by atoms with Gasteiger partial charge in [0.15, 0.2) is 0 Å². The Bertz CT molecular complexity index is 418. The van der Waals surface area contributed by atoms with Gasteiger partial charge in [0.05, 0.1) is 7.11 Å². The number of hydrogen-bond acceptors (Lipinski definition) is 4. The van der Waals surface area contributed by atoms with E-state index in [0.717, 1.165) is 11.3 Å². The van der Waals surface area contributed by atoms with Crippen LogP contribution in [-0.4, -0.2) is 40.5 Å². The van der Waals surface area contributed by atoms with Gasteiger partial charge in [-0.3, -0.25) is 4.79 Å². The highest BCUT2D eigenvalue weighted by molar-refractivity contribution is 5.81. The molecule has 1 fully saturated rings. The number of carbonyl (C=O) groups is 1. The van der Waals surface area contributed by atoms with Crippen LogP contribution in [0.2, 0.25) is 0 Å². The average molecular weight is 251 g/mol. The van der Waals surface area contributed by atoms with Crippen molar-refractivity contribution in [3.63, 3.8) is 0 Å². The van der Waals surface area contributed by atoms with Gasteiger partial charge in [0, 0.05) is 6.54 Å². The summed E-state index contributed by atoms with van der Waals surface area (Å²) in [6, 6.07) is 7.26. The maximum absolute atomic E-state index is 11.8. The number of ether oxygens (including phenoxy) is 1. The minimum absolute atomic E-state index is 0.293. The van der Waals surface area contributed by atoms with Crippen molar-refractivity contribution in [1.82, 2.24) is 4.90 Å². The standard InChI is InChI=1S/C13H17NO4/c1-18-10-4-2-9(3-5-10)8-14-12(16)7-6-11(15)13(14)17/h2-5,11-12,15-16H,6-8H2,1H3/t11-,12?/m0/s1. The van der Waals surface area contributed by atoms with Crippen LogP contribution < -0.4 is 4.74 Å². The first-order valence-electron chi connectivity index (χ1n) is 5.91. The van der Waals surface area contributed by atoms with Gasteiger partial charge in [0.2, 0.25) is 0 Å². The summed E-state index contributed by atoms with van der Waals surface area (Å²) in [6.45, 7) is 0.293. The fraction of sp³-hybridized carbons (Fsp3) is 0.462. The molecule has 1 unspecified atom stereocenters. The van der Waals surface area contributed by atoms with Crippen LogP contribution in [0.15, 0.2) is 24.3 Å². The van der Waals surface area contributed by atoms with E-state index in [0.29, 0.717) is 19.4 Å². The lowest BCUT2D eigenvalue weighted by Gasteiger charge is -2.34. The van der Waals surface area contributed by atoms with Crippen molar-refractivity contribution >= 4 is 5.91 Å². The van der Waals surface area contributed by atoms with Crippen molar-refractivity contribution in [1.29, 1.82) is 0 Å². The molecule has 1 aliphatic rings. The number of hydrogen-bond donors (Lipinski definition) is 2. The Labute approximate surface area is 106 Å². The lowest BCUT2D eigenvalue weighted by Crippen LogP contribution is -2.49. The molecule has 0 radical (unpaired) electrons. The van der Waals surface area contributed by atoms with Crippen LogP contribution in [-0.2, 0) is 11.3 Å². The third-order valence-electron chi connectivity index (χ3n) is 3.14. The predicted molar refractivity (Wildman–Crippen MR) is 64.8 cm³/mol. The highest BCUT2D eigenvalue weighted by atomic mass is 16.5. The zero-order valence-corrected chi connectivity index (χ0v) is 10.2. The summed E-state index contributed by atoms with van der Waals surface area (Å²) in [5.41, 5.74) is 0.886. The van der Waals surface area contributed by atoms with Gasteiger partial charge in [-0.05, 0) is 30.5 Å². The molecule has 0 aliphatic carbocycles. The van der Waals surface area contributed by atoms with E-state index in [1.807, 2.05) is 12.1 Å². The molecule has 0 bridgehead atoms. The molecule has 1 saturated heterocycles. The third-order valence-corrected chi connectivity index (χ3v) is 3.14. The first kappa shape index (κ1) is 12.9. The number of aliphatic hydroxyl groups is 2. The van der Waals surface area contributed by atoms with Gasteiger partial charge >= 0.3 is 0 Å². The van der Waals surface area contributed by atoms with E-state index < -0.39 is 18.2 Å². The molecule has 1 aromatic carbocycles. The van der Waals surface area contributed by atoms with Crippen LogP contribution in [0, 0.1) is 0 Å². The molecule has 0 saturated carbocycles. The molecule has 1 aliphatic heterocycles. The van der Waals surface area contributed by atoms with E-state index in [2.05, 4.69) is 0 Å². The number of likely N-dealkylation sites (tertiary alicyclic amines) is 1. The van der Waals surface area contributed by atoms with Crippen LogP contribution in [0.3, 0.4) is 0 Å². The van der Waals surface area contributed by atoms with E-state index in [9.17, 15) is 15.0 Å². The van der Waals surface area contributed by atoms with Crippen LogP contribution in [0.4, 0.5) is 0 Å². The normalized spacial score (nSPS) is 24.2. The molecule has 1 aromatic rings. The number of amides is 1. The molecule has 2 atom stereocenters. The molecule has 18 heavy (non-hydrogen) atoms. The summed E-state index contributed by atoms with van der Waals surface area (Å²) < 4.78 is 5.05. The number of piperidine rings is 1. The topological polar surface area (TPSA) is 70.0 Å². The minimum Gasteiger partial charge on any atom is -0.497 e. The molecular weight excluding hydrogens is 234 g/mol. The second-order valence-corrected chi connectivity index (χ2v) is 4.39. The fourth-order valence-electron chi connectivity index (χ4n) is 2.04. The zero-order chi connectivity index (χ0) is 13.1. The largest absolute Gasteiger partial charge is 0.497 e. The molecule has 5 heteroatoms. The summed E-state index contributed by atoms with van der Waals surface area (Å²) >= 11 is 0. The van der Waals surface area contributed by atoms with Gasteiger partial charge in [0.1, 0.15) is 18.1 Å². The Morgan fingerprint density at radius 1 is 1.28 bits per heavy atom. The molecular formula is C13H17NO4. The summed E-state index contributed by atoms with van der Waals surface area (Å²) in [6.07, 6.45) is -1.09. The molecule has 5 nitrogen and oxygen atoms in total. The van der Waals surface area contributed by atoms with Gasteiger partial charge in [-0.2, -0.15) is 0 Å². The number of rotatable bonds is 3. The van der Waals surface area contributed by atoms with Crippen LogP contribution >= 0.6 is 0 Å². The first-order valence-corrected chi connectivity index (χ1v) is 5.91. The van der Waals surface area contributed by atoms with Crippen molar-refractivity contribution in [2.45, 2.75) is 31.7 Å². The highest BCUT2D eigenvalue weighted by Crippen LogP contribution is 2.20. The number of methoxy groups -OCH3 is 1. The number of aliphatic hydroxyl groups excluding tert-OH is 2. The van der Waals surface area contributed by atoms with Crippen molar-refractivity contribution in [3.8, 4) is 5.75 Å². The van der Waals surface area contributed by atoms with Crippen LogP contribution in [0.1, 0.15) is 18.4 Å². The minimum atomic E-state index is -0.994. The van der Waals surface area contributed by atoms with Gasteiger partial charge in [-0.25, -0.2) is 0 Å². The maximum atomic E-state index is 11.8. The van der Waals surface area contributed by atoms with Gasteiger partial charge in [-0.15, -0.1) is 0 Å². The Hall–Kier alpha value is -1.59. The van der Waals surface area contributed by atoms with Crippen LogP contribution in [0.25, 0.3) is 0 Å². The smallest absolute Gasteiger partial charge is 0.253 e. The Morgan fingerprint density at radius 2 is 1.94 bits per heavy atom. The van der Waals surface area contributed by atoms with Crippen LogP contribution in [0.5, 0.6) is 5.75 Å². The first-order chi connectivity index (χ1) is 8.61. The lowest BCUT2D eigenvalue weighted by molar-refractivity contribution is -0.160. The quantitative estimate of drug-likeness (QED) is 0.820. The summed E-state index contributed by atoms with van der Waals surface area (Å²) in [4.78, 5) is 13.1. The monoisotopic (exact) mass is 251 g/mol. The van der Waals surface area contributed by atoms with E-state index in [4.69, 9.17) is 4.74 Å². The summed E-state index contributed by atoms with van der Waals surface area (Å²) in [7, 11) is 1.59. The Morgan fingerprint density at radius 3 is 2.56 bits per heavy atom. The highest BCUT2D eigenvalue weighted by Gasteiger charge is 2.32. The van der Waals surface area contributed by atoms with Gasteiger partial charge in [0.25, 0.3) is 5.91 Å². The predicted octanol–water partition coefficient (Wildman–Crippen LogP) is 0.497. The van der Waals surface area contributed by atoms with Crippen molar-refractivity contribution in [2.75, 3.05) is 7.11 Å². The van der Waals surface area contributed by atoms with E-state index in [-0.39, 0.29) is 0 Å². The van der Waals surface area contributed by atoms with Crippen molar-refractivity contribution in [2.24, 2.45) is 0 Å². The molecule has 2 N–H and O–H groups in total. The summed E-state index contributed by atoms with van der Waals surface area (Å²) in [5, 5.41) is 19.3. The SMILES string of the molecule is COc1ccc(CN2C(=O)[C@@H](O)CCC2O)cc1. The second kappa shape index (κ2) is 5.37. The third kappa shape index (κ3) is 2.63. The van der Waals surface area contributed by atoms with Crippen molar-refractivity contribution in [3.05, 3.63) is 29.8 Å². The second-order valence-electron chi connectivity index (χ2n) is 4.39. The molecule has 1 heterocycles. The summed E-state index contributed by atoms with van der Waals surface area (Å²) in [5.74, 6) is 0.328. The molecule has 0 spiro atoms. The molecule has 0 aromatic heterocycles. The average Bonchev–Trinajstić information content (AvgIpc) is 2.40. The molecule has 1 amide bonds. The molecule has 98 valence electrons. The Kier molecular flexibility index (Phi) is 3.84. The number of carbonyl (C=O) groups excluding carboxylic acids is 1. The van der Waals surface area contributed by atoms with E-state index in [1.54, 1.807) is 19.2 Å². The number of nitrogens with zero attached hydrogens (tertiary/aromatic N) is 1.